The summed E-state index contributed by atoms with van der Waals surface area (Å²) in [5, 5.41) is 10.7. The Morgan fingerprint density at radius 1 is 0.786 bits per heavy atom. The minimum Gasteiger partial charge on any atom is 0 e. The maximum absolute atomic E-state index is 10.7. The SMILES string of the molecule is CC(O[Si](C)(C)C)c1ccccc1C(O)c1ccccc1.[C-]#[O+].[C-]#[O+].[C-]#[O+].[Cr]. The molecule has 1 N–H and O–H groups in total. The van der Waals surface area contributed by atoms with Crippen LogP contribution in [0.4, 0.5) is 0 Å². The molecular weight excluding hydrogens is 412 g/mol. The molecule has 0 aliphatic carbocycles. The van der Waals surface area contributed by atoms with Crippen LogP contribution in [0.3, 0.4) is 0 Å². The van der Waals surface area contributed by atoms with E-state index in [-0.39, 0.29) is 23.5 Å². The number of aliphatic hydroxyl groups excluding tert-OH is 1. The number of rotatable bonds is 5. The van der Waals surface area contributed by atoms with E-state index in [1.807, 2.05) is 54.6 Å². The summed E-state index contributed by atoms with van der Waals surface area (Å²) in [4.78, 5) is 0. The Morgan fingerprint density at radius 2 is 1.18 bits per heavy atom. The van der Waals surface area contributed by atoms with Crippen LogP contribution in [0, 0.1) is 20.0 Å². The van der Waals surface area contributed by atoms with Crippen LogP contribution in [0.5, 0.6) is 0 Å². The number of benzene rings is 2. The molecule has 0 aliphatic rings. The molecule has 0 bridgehead atoms. The van der Waals surface area contributed by atoms with Crippen molar-refractivity contribution in [1.82, 2.24) is 0 Å². The van der Waals surface area contributed by atoms with Crippen LogP contribution in [-0.4, -0.2) is 13.4 Å². The fourth-order valence-corrected chi connectivity index (χ4v) is 3.73. The molecule has 0 radical (unpaired) electrons. The van der Waals surface area contributed by atoms with Crippen molar-refractivity contribution >= 4 is 8.32 Å². The third kappa shape index (κ3) is 11.2. The van der Waals surface area contributed by atoms with Crippen molar-refractivity contribution in [3.63, 3.8) is 0 Å². The van der Waals surface area contributed by atoms with Crippen LogP contribution >= 0.6 is 0 Å². The zero-order chi connectivity index (χ0) is 21.5. The fraction of sp³-hybridized carbons (Fsp3) is 0.286. The molecule has 0 aliphatic heterocycles. The first-order valence-electron chi connectivity index (χ1n) is 7.99. The van der Waals surface area contributed by atoms with Crippen molar-refractivity contribution < 1.29 is 40.9 Å². The molecule has 2 atom stereocenters. The van der Waals surface area contributed by atoms with E-state index < -0.39 is 14.4 Å². The van der Waals surface area contributed by atoms with Gasteiger partial charge in [0.25, 0.3) is 0 Å². The minimum atomic E-state index is -1.62. The van der Waals surface area contributed by atoms with E-state index in [1.54, 1.807) is 0 Å². The summed E-state index contributed by atoms with van der Waals surface area (Å²) >= 11 is 0. The summed E-state index contributed by atoms with van der Waals surface area (Å²) in [6.07, 6.45) is -0.624. The van der Waals surface area contributed by atoms with E-state index >= 15 is 0 Å². The van der Waals surface area contributed by atoms with Gasteiger partial charge in [0, 0.05) is 17.4 Å². The Labute approximate surface area is 179 Å². The summed E-state index contributed by atoms with van der Waals surface area (Å²) in [6.45, 7) is 22.1. The second kappa shape index (κ2) is 17.4. The first kappa shape index (κ1) is 31.0. The van der Waals surface area contributed by atoms with Gasteiger partial charge in [0.15, 0.2) is 8.32 Å². The molecule has 28 heavy (non-hydrogen) atoms. The van der Waals surface area contributed by atoms with Crippen LogP contribution in [0.2, 0.25) is 19.6 Å². The second-order valence-corrected chi connectivity index (χ2v) is 10.8. The summed E-state index contributed by atoms with van der Waals surface area (Å²) in [7, 11) is -1.62. The summed E-state index contributed by atoms with van der Waals surface area (Å²) in [6, 6.07) is 17.7. The molecule has 5 nitrogen and oxygen atoms in total. The minimum absolute atomic E-state index is 0. The topological polar surface area (TPSA) is 89.2 Å². The van der Waals surface area contributed by atoms with E-state index in [9.17, 15) is 5.11 Å². The molecular formula is C21H24CrO5Si. The van der Waals surface area contributed by atoms with Gasteiger partial charge in [0.05, 0.1) is 6.10 Å². The maximum Gasteiger partial charge on any atom is 0 e. The predicted molar refractivity (Wildman–Crippen MR) is 102 cm³/mol. The summed E-state index contributed by atoms with van der Waals surface area (Å²) in [5.41, 5.74) is 2.90. The largest absolute Gasteiger partial charge is 0 e. The molecule has 0 saturated heterocycles. The Hall–Kier alpha value is -1.67. The molecule has 2 aromatic carbocycles. The summed E-state index contributed by atoms with van der Waals surface area (Å²) < 4.78 is 28.7. The zero-order valence-corrected chi connectivity index (χ0v) is 18.6. The van der Waals surface area contributed by atoms with E-state index in [2.05, 4.69) is 46.5 Å². The van der Waals surface area contributed by atoms with Crippen LogP contribution in [-0.2, 0) is 35.7 Å². The van der Waals surface area contributed by atoms with Crippen LogP contribution in [0.1, 0.15) is 35.8 Å². The molecule has 0 aromatic heterocycles. The first-order chi connectivity index (χ1) is 12.9. The number of aliphatic hydroxyl groups is 1. The van der Waals surface area contributed by atoms with Gasteiger partial charge in [0.2, 0.25) is 0 Å². The molecule has 0 spiro atoms. The van der Waals surface area contributed by atoms with Gasteiger partial charge in [0.1, 0.15) is 6.10 Å². The van der Waals surface area contributed by atoms with E-state index in [0.717, 1.165) is 16.7 Å². The van der Waals surface area contributed by atoms with E-state index in [1.165, 1.54) is 0 Å². The van der Waals surface area contributed by atoms with Gasteiger partial charge >= 0.3 is 33.9 Å². The standard InChI is InChI=1S/C18H24O2Si.3CO.Cr/c1-14(20-21(2,3)4)16-12-8-9-13-17(16)18(19)15-10-6-5-7-11-15;3*1-2;/h5-14,18-19H,1-4H3;;;;. The van der Waals surface area contributed by atoms with Crippen molar-refractivity contribution in [3.8, 4) is 0 Å². The van der Waals surface area contributed by atoms with Crippen LogP contribution in [0.15, 0.2) is 54.6 Å². The van der Waals surface area contributed by atoms with Crippen molar-refractivity contribution in [3.05, 3.63) is 91.2 Å². The number of hydrogen-bond donors (Lipinski definition) is 1. The molecule has 2 rings (SSSR count). The predicted octanol–water partition coefficient (Wildman–Crippen LogP) is 4.57. The van der Waals surface area contributed by atoms with Crippen molar-refractivity contribution in [2.24, 2.45) is 0 Å². The Morgan fingerprint density at radius 3 is 1.61 bits per heavy atom. The molecule has 2 unspecified atom stereocenters. The van der Waals surface area contributed by atoms with Gasteiger partial charge in [-0.1, -0.05) is 54.6 Å². The van der Waals surface area contributed by atoms with Gasteiger partial charge in [-0.15, -0.1) is 0 Å². The average Bonchev–Trinajstić information content (AvgIpc) is 2.71. The molecule has 2 aromatic rings. The van der Waals surface area contributed by atoms with Crippen molar-refractivity contribution in [2.75, 3.05) is 0 Å². The third-order valence-electron chi connectivity index (χ3n) is 3.37. The van der Waals surface area contributed by atoms with Crippen LogP contribution in [0.25, 0.3) is 0 Å². The van der Waals surface area contributed by atoms with E-state index in [4.69, 9.17) is 18.4 Å². The Balaban J connectivity index is -0.000000815. The molecule has 148 valence electrons. The van der Waals surface area contributed by atoms with Crippen molar-refractivity contribution in [2.45, 2.75) is 38.8 Å². The van der Waals surface area contributed by atoms with E-state index in [0.29, 0.717) is 0 Å². The Bertz CT molecular complexity index is 694. The molecule has 0 amide bonds. The van der Waals surface area contributed by atoms with Gasteiger partial charge in [-0.2, -0.15) is 0 Å². The van der Waals surface area contributed by atoms with Crippen molar-refractivity contribution in [1.29, 1.82) is 0 Å². The van der Waals surface area contributed by atoms with Gasteiger partial charge in [-0.05, 0) is 43.3 Å². The van der Waals surface area contributed by atoms with Gasteiger partial charge < -0.3 is 9.53 Å². The Kier molecular flexibility index (Phi) is 19.3. The zero-order valence-electron chi connectivity index (χ0n) is 16.3. The normalized spacial score (nSPS) is 11.2. The van der Waals surface area contributed by atoms with Gasteiger partial charge in [-0.25, -0.2) is 0 Å². The summed E-state index contributed by atoms with van der Waals surface area (Å²) in [5.74, 6) is 0. The monoisotopic (exact) mass is 436 g/mol. The molecule has 0 saturated carbocycles. The van der Waals surface area contributed by atoms with Gasteiger partial charge in [-0.3, -0.25) is 0 Å². The molecule has 0 heterocycles. The quantitative estimate of drug-likeness (QED) is 0.423. The maximum atomic E-state index is 10.7. The first-order valence-corrected chi connectivity index (χ1v) is 11.4. The second-order valence-electron chi connectivity index (χ2n) is 6.31. The molecule has 0 fully saturated rings. The molecule has 7 heteroatoms. The van der Waals surface area contributed by atoms with Crippen LogP contribution < -0.4 is 0 Å². The fourth-order valence-electron chi connectivity index (χ4n) is 2.54. The average molecular weight is 437 g/mol. The number of hydrogen-bond acceptors (Lipinski definition) is 2. The third-order valence-corrected chi connectivity index (χ3v) is 4.43. The smallest absolute Gasteiger partial charge is 0 e.